The van der Waals surface area contributed by atoms with Crippen LogP contribution in [0.1, 0.15) is 29.6 Å². The first kappa shape index (κ1) is 13.9. The van der Waals surface area contributed by atoms with E-state index in [4.69, 9.17) is 9.47 Å². The summed E-state index contributed by atoms with van der Waals surface area (Å²) in [6.07, 6.45) is 3.21. The van der Waals surface area contributed by atoms with Gasteiger partial charge in [0.25, 0.3) is 0 Å². The largest absolute Gasteiger partial charge is 0.493 e. The Morgan fingerprint density at radius 2 is 2.05 bits per heavy atom. The fourth-order valence-corrected chi connectivity index (χ4v) is 2.68. The van der Waals surface area contributed by atoms with Crippen LogP contribution in [0, 0.1) is 0 Å². The maximum atomic E-state index is 11.4. The minimum atomic E-state index is -0.965. The first-order valence-corrected chi connectivity index (χ1v) is 7.24. The molecular formula is C17H18O4. The fraction of sp³-hybridized carbons (Fsp3) is 0.353. The maximum absolute atomic E-state index is 11.4. The van der Waals surface area contributed by atoms with Gasteiger partial charge >= 0.3 is 5.97 Å². The summed E-state index contributed by atoms with van der Waals surface area (Å²) in [7, 11) is 0. The lowest BCUT2D eigenvalue weighted by molar-refractivity contribution is 0.0689. The molecule has 0 bridgehead atoms. The Hall–Kier alpha value is -2.07. The van der Waals surface area contributed by atoms with Crippen LogP contribution in [0.2, 0.25) is 0 Å². The SMILES string of the molecule is O=C(O)c1cc2ccccc2cc1OCCC1CCCO1. The van der Waals surface area contributed by atoms with Gasteiger partial charge in [0, 0.05) is 13.0 Å². The molecule has 0 amide bonds. The molecule has 0 aromatic heterocycles. The Morgan fingerprint density at radius 3 is 2.71 bits per heavy atom. The Bertz CT molecular complexity index is 644. The zero-order valence-electron chi connectivity index (χ0n) is 11.7. The quantitative estimate of drug-likeness (QED) is 0.914. The number of carboxylic acids is 1. The maximum Gasteiger partial charge on any atom is 0.339 e. The molecule has 4 heteroatoms. The van der Waals surface area contributed by atoms with Gasteiger partial charge in [0.15, 0.2) is 0 Å². The van der Waals surface area contributed by atoms with Gasteiger partial charge in [0.1, 0.15) is 11.3 Å². The van der Waals surface area contributed by atoms with Crippen LogP contribution in [0.3, 0.4) is 0 Å². The molecule has 1 heterocycles. The zero-order valence-corrected chi connectivity index (χ0v) is 11.7. The molecule has 1 saturated heterocycles. The van der Waals surface area contributed by atoms with Gasteiger partial charge in [-0.25, -0.2) is 4.79 Å². The van der Waals surface area contributed by atoms with Crippen LogP contribution in [0.5, 0.6) is 5.75 Å². The standard InChI is InChI=1S/C17H18O4/c18-17(19)15-10-12-4-1-2-5-13(12)11-16(15)21-9-7-14-6-3-8-20-14/h1-2,4-5,10-11,14H,3,6-9H2,(H,18,19). The Morgan fingerprint density at radius 1 is 1.29 bits per heavy atom. The van der Waals surface area contributed by atoms with E-state index in [9.17, 15) is 9.90 Å². The molecule has 1 aliphatic heterocycles. The number of carbonyl (C=O) groups is 1. The first-order valence-electron chi connectivity index (χ1n) is 7.24. The van der Waals surface area contributed by atoms with Crippen LogP contribution in [0.4, 0.5) is 0 Å². The van der Waals surface area contributed by atoms with E-state index in [1.807, 2.05) is 24.3 Å². The lowest BCUT2D eigenvalue weighted by Gasteiger charge is -2.13. The Labute approximate surface area is 123 Å². The summed E-state index contributed by atoms with van der Waals surface area (Å²) in [4.78, 5) is 11.4. The molecule has 2 aromatic carbocycles. The molecule has 0 spiro atoms. The lowest BCUT2D eigenvalue weighted by atomic mass is 10.1. The van der Waals surface area contributed by atoms with Crippen LogP contribution >= 0.6 is 0 Å². The highest BCUT2D eigenvalue weighted by Gasteiger charge is 2.17. The van der Waals surface area contributed by atoms with Gasteiger partial charge in [-0.15, -0.1) is 0 Å². The molecule has 1 N–H and O–H groups in total. The average Bonchev–Trinajstić information content (AvgIpc) is 2.99. The second kappa shape index (κ2) is 6.14. The highest BCUT2D eigenvalue weighted by atomic mass is 16.5. The van der Waals surface area contributed by atoms with Crippen molar-refractivity contribution in [3.63, 3.8) is 0 Å². The number of ether oxygens (including phenoxy) is 2. The molecule has 2 aromatic rings. The molecule has 1 fully saturated rings. The van der Waals surface area contributed by atoms with Crippen molar-refractivity contribution in [2.45, 2.75) is 25.4 Å². The van der Waals surface area contributed by atoms with E-state index in [1.54, 1.807) is 12.1 Å². The monoisotopic (exact) mass is 286 g/mol. The van der Waals surface area contributed by atoms with Crippen molar-refractivity contribution >= 4 is 16.7 Å². The van der Waals surface area contributed by atoms with Crippen LogP contribution in [-0.4, -0.2) is 30.4 Å². The number of hydrogen-bond donors (Lipinski definition) is 1. The number of aromatic carboxylic acids is 1. The molecule has 1 atom stereocenters. The topological polar surface area (TPSA) is 55.8 Å². The van der Waals surface area contributed by atoms with Crippen molar-refractivity contribution in [3.05, 3.63) is 42.0 Å². The van der Waals surface area contributed by atoms with E-state index in [0.717, 1.165) is 36.6 Å². The van der Waals surface area contributed by atoms with Crippen LogP contribution in [-0.2, 0) is 4.74 Å². The molecule has 110 valence electrons. The predicted octanol–water partition coefficient (Wildman–Crippen LogP) is 3.49. The van der Waals surface area contributed by atoms with Gasteiger partial charge in [-0.1, -0.05) is 24.3 Å². The van der Waals surface area contributed by atoms with Crippen molar-refractivity contribution in [1.29, 1.82) is 0 Å². The second-order valence-electron chi connectivity index (χ2n) is 5.27. The van der Waals surface area contributed by atoms with E-state index < -0.39 is 5.97 Å². The molecule has 1 aliphatic rings. The number of rotatable bonds is 5. The van der Waals surface area contributed by atoms with Crippen molar-refractivity contribution < 1.29 is 19.4 Å². The molecule has 0 saturated carbocycles. The second-order valence-corrected chi connectivity index (χ2v) is 5.27. The van der Waals surface area contributed by atoms with Crippen LogP contribution < -0.4 is 4.74 Å². The summed E-state index contributed by atoms with van der Waals surface area (Å²) in [5, 5.41) is 11.2. The summed E-state index contributed by atoms with van der Waals surface area (Å²) in [6, 6.07) is 11.1. The molecule has 4 nitrogen and oxygen atoms in total. The molecule has 0 radical (unpaired) electrons. The first-order chi connectivity index (χ1) is 10.2. The summed E-state index contributed by atoms with van der Waals surface area (Å²) in [5.74, 6) is -0.535. The highest BCUT2D eigenvalue weighted by molar-refractivity contribution is 5.97. The summed E-state index contributed by atoms with van der Waals surface area (Å²) in [5.41, 5.74) is 0.209. The Balaban J connectivity index is 1.78. The highest BCUT2D eigenvalue weighted by Crippen LogP contribution is 2.27. The van der Waals surface area contributed by atoms with Crippen molar-refractivity contribution in [2.24, 2.45) is 0 Å². The molecule has 21 heavy (non-hydrogen) atoms. The number of fused-ring (bicyclic) bond motifs is 1. The Kier molecular flexibility index (Phi) is 4.06. The van der Waals surface area contributed by atoms with E-state index in [2.05, 4.69) is 0 Å². The van der Waals surface area contributed by atoms with Gasteiger partial charge in [-0.2, -0.15) is 0 Å². The van der Waals surface area contributed by atoms with E-state index in [0.29, 0.717) is 12.4 Å². The fourth-order valence-electron chi connectivity index (χ4n) is 2.68. The normalized spacial score (nSPS) is 18.0. The predicted molar refractivity (Wildman–Crippen MR) is 80.0 cm³/mol. The minimum Gasteiger partial charge on any atom is -0.493 e. The van der Waals surface area contributed by atoms with Crippen LogP contribution in [0.15, 0.2) is 36.4 Å². The van der Waals surface area contributed by atoms with Gasteiger partial charge in [0.05, 0.1) is 12.7 Å². The molecule has 3 rings (SSSR count). The summed E-state index contributed by atoms with van der Waals surface area (Å²) < 4.78 is 11.3. The van der Waals surface area contributed by atoms with Crippen molar-refractivity contribution in [3.8, 4) is 5.75 Å². The smallest absolute Gasteiger partial charge is 0.339 e. The van der Waals surface area contributed by atoms with Gasteiger partial charge in [-0.05, 0) is 35.7 Å². The zero-order chi connectivity index (χ0) is 14.7. The van der Waals surface area contributed by atoms with Gasteiger partial charge in [0.2, 0.25) is 0 Å². The molecular weight excluding hydrogens is 268 g/mol. The van der Waals surface area contributed by atoms with Gasteiger partial charge < -0.3 is 14.6 Å². The number of carboxylic acid groups (broad SMARTS) is 1. The van der Waals surface area contributed by atoms with Crippen molar-refractivity contribution in [2.75, 3.05) is 13.2 Å². The average molecular weight is 286 g/mol. The van der Waals surface area contributed by atoms with Crippen molar-refractivity contribution in [1.82, 2.24) is 0 Å². The number of benzene rings is 2. The third kappa shape index (κ3) is 3.16. The lowest BCUT2D eigenvalue weighted by Crippen LogP contribution is -2.12. The summed E-state index contributed by atoms with van der Waals surface area (Å²) >= 11 is 0. The third-order valence-corrected chi connectivity index (χ3v) is 3.80. The number of hydrogen-bond acceptors (Lipinski definition) is 3. The molecule has 0 aliphatic carbocycles. The minimum absolute atomic E-state index is 0.209. The van der Waals surface area contributed by atoms with Gasteiger partial charge in [-0.3, -0.25) is 0 Å². The van der Waals surface area contributed by atoms with E-state index in [1.165, 1.54) is 0 Å². The third-order valence-electron chi connectivity index (χ3n) is 3.80. The van der Waals surface area contributed by atoms with E-state index in [-0.39, 0.29) is 11.7 Å². The summed E-state index contributed by atoms with van der Waals surface area (Å²) in [6.45, 7) is 1.30. The van der Waals surface area contributed by atoms with Crippen LogP contribution in [0.25, 0.3) is 10.8 Å². The van der Waals surface area contributed by atoms with E-state index >= 15 is 0 Å². The molecule has 1 unspecified atom stereocenters.